The number of aromatic carboxylic acids is 1. The van der Waals surface area contributed by atoms with Gasteiger partial charge in [0.25, 0.3) is 0 Å². The summed E-state index contributed by atoms with van der Waals surface area (Å²) in [7, 11) is 0. The van der Waals surface area contributed by atoms with Gasteiger partial charge in [-0.05, 0) is 29.8 Å². The van der Waals surface area contributed by atoms with Gasteiger partial charge in [-0.3, -0.25) is 4.79 Å². The Morgan fingerprint density at radius 2 is 1.61 bits per heavy atom. The number of amides is 1. The second kappa shape index (κ2) is 9.09. The number of benzene rings is 3. The Morgan fingerprint density at radius 1 is 0.903 bits per heavy atom. The highest BCUT2D eigenvalue weighted by molar-refractivity contribution is 5.88. The van der Waals surface area contributed by atoms with E-state index in [-0.39, 0.29) is 17.9 Å². The molecular weight excluding hydrogens is 390 g/mol. The molecule has 4 rings (SSSR count). The molecule has 0 unspecified atom stereocenters. The predicted molar refractivity (Wildman–Crippen MR) is 118 cm³/mol. The molecule has 31 heavy (non-hydrogen) atoms. The summed E-state index contributed by atoms with van der Waals surface area (Å²) in [5.41, 5.74) is 4.42. The summed E-state index contributed by atoms with van der Waals surface area (Å²) in [5, 5.41) is 16.8. The van der Waals surface area contributed by atoms with Crippen LogP contribution >= 0.6 is 0 Å². The van der Waals surface area contributed by atoms with E-state index in [9.17, 15) is 9.59 Å². The standard InChI is InChI=1S/C25H21N3O3/c29-23(15-18-8-7-11-20(14-18)25(30)31)26-16-21-17-28(22-12-5-2-6-13-22)27-24(21)19-9-3-1-4-10-19/h1-14,17H,15-16H2,(H,26,29)(H,30,31). The van der Waals surface area contributed by atoms with E-state index in [2.05, 4.69) is 5.32 Å². The number of carboxylic acid groups (broad SMARTS) is 1. The average molecular weight is 411 g/mol. The number of carboxylic acids is 1. The van der Waals surface area contributed by atoms with Gasteiger partial charge in [-0.15, -0.1) is 0 Å². The van der Waals surface area contributed by atoms with E-state index in [0.717, 1.165) is 22.5 Å². The maximum Gasteiger partial charge on any atom is 0.335 e. The summed E-state index contributed by atoms with van der Waals surface area (Å²) < 4.78 is 1.81. The Kier molecular flexibility index (Phi) is 5.89. The van der Waals surface area contributed by atoms with Crippen LogP contribution in [-0.4, -0.2) is 26.8 Å². The van der Waals surface area contributed by atoms with Crippen molar-refractivity contribution in [3.05, 3.63) is 108 Å². The Bertz CT molecular complexity index is 1200. The summed E-state index contributed by atoms with van der Waals surface area (Å²) in [6, 6.07) is 26.0. The highest BCUT2D eigenvalue weighted by atomic mass is 16.4. The first-order valence-corrected chi connectivity index (χ1v) is 9.88. The number of carbonyl (C=O) groups excluding carboxylic acids is 1. The fourth-order valence-corrected chi connectivity index (χ4v) is 3.35. The highest BCUT2D eigenvalue weighted by Crippen LogP contribution is 2.23. The van der Waals surface area contributed by atoms with Crippen molar-refractivity contribution in [2.75, 3.05) is 0 Å². The van der Waals surface area contributed by atoms with Gasteiger partial charge in [-0.25, -0.2) is 9.48 Å². The molecule has 0 saturated heterocycles. The van der Waals surface area contributed by atoms with E-state index in [0.29, 0.717) is 12.1 Å². The predicted octanol–water partition coefficient (Wildman–Crippen LogP) is 4.10. The van der Waals surface area contributed by atoms with Crippen LogP contribution in [0.4, 0.5) is 0 Å². The molecule has 0 atom stereocenters. The topological polar surface area (TPSA) is 84.2 Å². The van der Waals surface area contributed by atoms with E-state index >= 15 is 0 Å². The lowest BCUT2D eigenvalue weighted by atomic mass is 10.1. The molecule has 1 aromatic heterocycles. The molecule has 0 spiro atoms. The molecule has 4 aromatic rings. The number of rotatable bonds is 7. The second-order valence-corrected chi connectivity index (χ2v) is 7.11. The van der Waals surface area contributed by atoms with Crippen LogP contribution in [0.3, 0.4) is 0 Å². The Morgan fingerprint density at radius 3 is 2.32 bits per heavy atom. The molecule has 0 radical (unpaired) electrons. The molecule has 0 aliphatic carbocycles. The van der Waals surface area contributed by atoms with Gasteiger partial charge in [0.2, 0.25) is 5.91 Å². The van der Waals surface area contributed by atoms with Crippen LogP contribution in [0.5, 0.6) is 0 Å². The van der Waals surface area contributed by atoms with Crippen molar-refractivity contribution in [2.24, 2.45) is 0 Å². The molecule has 6 nitrogen and oxygen atoms in total. The Hall–Kier alpha value is -4.19. The van der Waals surface area contributed by atoms with Crippen LogP contribution in [-0.2, 0) is 17.8 Å². The van der Waals surface area contributed by atoms with E-state index in [1.54, 1.807) is 16.8 Å². The number of para-hydroxylation sites is 1. The molecule has 1 amide bonds. The van der Waals surface area contributed by atoms with Crippen molar-refractivity contribution in [2.45, 2.75) is 13.0 Å². The van der Waals surface area contributed by atoms with Crippen LogP contribution in [0.25, 0.3) is 16.9 Å². The minimum absolute atomic E-state index is 0.106. The molecule has 3 aromatic carbocycles. The Balaban J connectivity index is 1.53. The number of hydrogen-bond acceptors (Lipinski definition) is 3. The molecule has 6 heteroatoms. The monoisotopic (exact) mass is 411 g/mol. The van der Waals surface area contributed by atoms with Crippen molar-refractivity contribution < 1.29 is 14.7 Å². The van der Waals surface area contributed by atoms with Gasteiger partial charge < -0.3 is 10.4 Å². The van der Waals surface area contributed by atoms with Gasteiger partial charge in [0.05, 0.1) is 23.4 Å². The second-order valence-electron chi connectivity index (χ2n) is 7.11. The first kappa shape index (κ1) is 20.1. The van der Waals surface area contributed by atoms with Crippen LogP contribution in [0.1, 0.15) is 21.5 Å². The minimum Gasteiger partial charge on any atom is -0.478 e. The van der Waals surface area contributed by atoms with Crippen molar-refractivity contribution in [1.29, 1.82) is 0 Å². The van der Waals surface area contributed by atoms with E-state index in [4.69, 9.17) is 10.2 Å². The number of aromatic nitrogens is 2. The van der Waals surface area contributed by atoms with Gasteiger partial charge >= 0.3 is 5.97 Å². The highest BCUT2D eigenvalue weighted by Gasteiger charge is 2.14. The normalized spacial score (nSPS) is 10.6. The first-order valence-electron chi connectivity index (χ1n) is 9.88. The summed E-state index contributed by atoms with van der Waals surface area (Å²) in [6.45, 7) is 0.314. The third-order valence-electron chi connectivity index (χ3n) is 4.87. The SMILES string of the molecule is O=C(Cc1cccc(C(=O)O)c1)NCc1cn(-c2ccccc2)nc1-c1ccccc1. The van der Waals surface area contributed by atoms with Crippen molar-refractivity contribution in [3.63, 3.8) is 0 Å². The zero-order valence-electron chi connectivity index (χ0n) is 16.7. The van der Waals surface area contributed by atoms with Crippen molar-refractivity contribution in [3.8, 4) is 16.9 Å². The van der Waals surface area contributed by atoms with Crippen LogP contribution in [0.2, 0.25) is 0 Å². The van der Waals surface area contributed by atoms with Gasteiger partial charge in [0.1, 0.15) is 0 Å². The van der Waals surface area contributed by atoms with Crippen LogP contribution in [0.15, 0.2) is 91.1 Å². The Labute approximate surface area is 179 Å². The zero-order chi connectivity index (χ0) is 21.6. The lowest BCUT2D eigenvalue weighted by Crippen LogP contribution is -2.24. The number of hydrogen-bond donors (Lipinski definition) is 2. The molecule has 0 fully saturated rings. The molecule has 0 aliphatic rings. The van der Waals surface area contributed by atoms with E-state index in [1.807, 2.05) is 66.9 Å². The fraction of sp³-hybridized carbons (Fsp3) is 0.0800. The largest absolute Gasteiger partial charge is 0.478 e. The van der Waals surface area contributed by atoms with E-state index < -0.39 is 5.97 Å². The number of nitrogens with one attached hydrogen (secondary N) is 1. The summed E-state index contributed by atoms with van der Waals surface area (Å²) in [4.78, 5) is 23.6. The maximum atomic E-state index is 12.5. The molecule has 0 bridgehead atoms. The van der Waals surface area contributed by atoms with Crippen LogP contribution < -0.4 is 5.32 Å². The molecule has 154 valence electrons. The van der Waals surface area contributed by atoms with Gasteiger partial charge in [0.15, 0.2) is 0 Å². The van der Waals surface area contributed by atoms with E-state index in [1.165, 1.54) is 12.1 Å². The average Bonchev–Trinajstić information content (AvgIpc) is 3.23. The van der Waals surface area contributed by atoms with Gasteiger partial charge in [-0.2, -0.15) is 5.10 Å². The summed E-state index contributed by atoms with van der Waals surface area (Å²) in [6.07, 6.45) is 2.03. The molecular formula is C25H21N3O3. The minimum atomic E-state index is -1.01. The molecule has 1 heterocycles. The maximum absolute atomic E-state index is 12.5. The fourth-order valence-electron chi connectivity index (χ4n) is 3.35. The first-order chi connectivity index (χ1) is 15.1. The van der Waals surface area contributed by atoms with Crippen molar-refractivity contribution >= 4 is 11.9 Å². The summed E-state index contributed by atoms with van der Waals surface area (Å²) in [5.74, 6) is -1.20. The molecule has 0 aliphatic heterocycles. The quantitative estimate of drug-likeness (QED) is 0.480. The lowest BCUT2D eigenvalue weighted by molar-refractivity contribution is -0.120. The third-order valence-corrected chi connectivity index (χ3v) is 4.87. The molecule has 2 N–H and O–H groups in total. The van der Waals surface area contributed by atoms with Crippen molar-refractivity contribution in [1.82, 2.24) is 15.1 Å². The third kappa shape index (κ3) is 4.87. The van der Waals surface area contributed by atoms with Gasteiger partial charge in [0, 0.05) is 23.9 Å². The smallest absolute Gasteiger partial charge is 0.335 e. The summed E-state index contributed by atoms with van der Waals surface area (Å²) >= 11 is 0. The zero-order valence-corrected chi connectivity index (χ0v) is 16.7. The number of carbonyl (C=O) groups is 2. The number of nitrogens with zero attached hydrogens (tertiary/aromatic N) is 2. The lowest BCUT2D eigenvalue weighted by Gasteiger charge is -2.06. The van der Waals surface area contributed by atoms with Gasteiger partial charge in [-0.1, -0.05) is 60.7 Å². The molecule has 0 saturated carbocycles. The van der Waals surface area contributed by atoms with Crippen LogP contribution in [0, 0.1) is 0 Å².